The number of phenolic OH excluding ortho intramolecular Hbond substituents is 2. The van der Waals surface area contributed by atoms with Crippen LogP contribution in [0, 0.1) is 0 Å². The Morgan fingerprint density at radius 2 is 2.13 bits per heavy atom. The summed E-state index contributed by atoms with van der Waals surface area (Å²) in [5, 5.41) is 21.7. The summed E-state index contributed by atoms with van der Waals surface area (Å²) in [4.78, 5) is 0. The zero-order chi connectivity index (χ0) is 11.3. The second kappa shape index (κ2) is 5.58. The molecule has 1 unspecified atom stereocenters. The Hall–Kier alpha value is -1.26. The van der Waals surface area contributed by atoms with Gasteiger partial charge in [0, 0.05) is 31.8 Å². The van der Waals surface area contributed by atoms with Gasteiger partial charge in [-0.05, 0) is 13.0 Å². The molecule has 0 saturated carbocycles. The molecule has 15 heavy (non-hydrogen) atoms. The molecule has 1 aromatic rings. The normalized spacial score (nSPS) is 12.7. The van der Waals surface area contributed by atoms with Crippen molar-refractivity contribution in [3.63, 3.8) is 0 Å². The Labute approximate surface area is 89.5 Å². The first-order valence-corrected chi connectivity index (χ1v) is 4.88. The molecule has 0 spiro atoms. The third-order valence-corrected chi connectivity index (χ3v) is 2.22. The lowest BCUT2D eigenvalue weighted by Crippen LogP contribution is -2.25. The smallest absolute Gasteiger partial charge is 0.123 e. The highest BCUT2D eigenvalue weighted by molar-refractivity contribution is 5.38. The number of phenols is 2. The highest BCUT2D eigenvalue weighted by Gasteiger charge is 2.03. The Morgan fingerprint density at radius 1 is 1.40 bits per heavy atom. The minimum Gasteiger partial charge on any atom is -0.508 e. The molecule has 0 amide bonds. The molecule has 1 rings (SSSR count). The number of benzene rings is 1. The molecule has 0 bridgehead atoms. The fraction of sp³-hybridized carbons (Fsp3) is 0.455. The Balaban J connectivity index is 2.44. The summed E-state index contributed by atoms with van der Waals surface area (Å²) in [5.74, 6) is 0.175. The Bertz CT molecular complexity index is 315. The van der Waals surface area contributed by atoms with Crippen LogP contribution >= 0.6 is 0 Å². The van der Waals surface area contributed by atoms with Gasteiger partial charge in [0.15, 0.2) is 0 Å². The van der Waals surface area contributed by atoms with Crippen LogP contribution in [0.1, 0.15) is 12.5 Å². The summed E-state index contributed by atoms with van der Waals surface area (Å²) < 4.78 is 5.07. The summed E-state index contributed by atoms with van der Waals surface area (Å²) in [6.45, 7) is 3.24. The molecule has 0 aromatic heterocycles. The van der Waals surface area contributed by atoms with Crippen LogP contribution in [0.4, 0.5) is 0 Å². The molecule has 0 aliphatic heterocycles. The topological polar surface area (TPSA) is 61.7 Å². The quantitative estimate of drug-likeness (QED) is 0.685. The average molecular weight is 211 g/mol. The van der Waals surface area contributed by atoms with Gasteiger partial charge in [0.1, 0.15) is 11.5 Å². The molecule has 1 atom stereocenters. The molecule has 0 aliphatic rings. The molecule has 0 heterocycles. The number of nitrogens with one attached hydrogen (secondary N) is 1. The molecule has 0 aliphatic carbocycles. The van der Waals surface area contributed by atoms with Crippen molar-refractivity contribution >= 4 is 0 Å². The SMILES string of the molecule is COC(C)CNCc1ccc(O)cc1O. The molecule has 84 valence electrons. The van der Waals surface area contributed by atoms with Crippen LogP contribution in [-0.2, 0) is 11.3 Å². The van der Waals surface area contributed by atoms with E-state index in [1.165, 1.54) is 6.07 Å². The van der Waals surface area contributed by atoms with E-state index in [1.807, 2.05) is 6.92 Å². The van der Waals surface area contributed by atoms with Crippen LogP contribution in [0.25, 0.3) is 0 Å². The first kappa shape index (κ1) is 11.8. The first-order chi connectivity index (χ1) is 7.13. The van der Waals surface area contributed by atoms with Crippen LogP contribution in [-0.4, -0.2) is 30.0 Å². The molecule has 4 nitrogen and oxygen atoms in total. The van der Waals surface area contributed by atoms with Gasteiger partial charge in [0.05, 0.1) is 6.10 Å². The van der Waals surface area contributed by atoms with E-state index in [1.54, 1.807) is 19.2 Å². The minimum absolute atomic E-state index is 0.0708. The molecule has 1 aromatic carbocycles. The number of aromatic hydroxyl groups is 2. The first-order valence-electron chi connectivity index (χ1n) is 4.88. The zero-order valence-corrected chi connectivity index (χ0v) is 9.03. The van der Waals surface area contributed by atoms with E-state index >= 15 is 0 Å². The summed E-state index contributed by atoms with van der Waals surface area (Å²) in [5.41, 5.74) is 0.760. The molecule has 4 heteroatoms. The second-order valence-electron chi connectivity index (χ2n) is 3.49. The van der Waals surface area contributed by atoms with Gasteiger partial charge in [0.25, 0.3) is 0 Å². The number of hydrogen-bond acceptors (Lipinski definition) is 4. The standard InChI is InChI=1S/C11H17NO3/c1-8(15-2)6-12-7-9-3-4-10(13)5-11(9)14/h3-5,8,12-14H,6-7H2,1-2H3. The van der Waals surface area contributed by atoms with Gasteiger partial charge in [-0.3, -0.25) is 0 Å². The van der Waals surface area contributed by atoms with Crippen molar-refractivity contribution in [1.82, 2.24) is 5.32 Å². The maximum atomic E-state index is 9.48. The predicted octanol–water partition coefficient (Wildman–Crippen LogP) is 1.22. The van der Waals surface area contributed by atoms with Crippen LogP contribution in [0.3, 0.4) is 0 Å². The zero-order valence-electron chi connectivity index (χ0n) is 9.03. The molecule has 0 radical (unpaired) electrons. The number of rotatable bonds is 5. The average Bonchev–Trinajstić information content (AvgIpc) is 2.21. The number of hydrogen-bond donors (Lipinski definition) is 3. The number of ether oxygens (including phenoxy) is 1. The summed E-state index contributed by atoms with van der Waals surface area (Å²) in [7, 11) is 1.66. The van der Waals surface area contributed by atoms with Crippen LogP contribution in [0.2, 0.25) is 0 Å². The van der Waals surface area contributed by atoms with Gasteiger partial charge in [-0.25, -0.2) is 0 Å². The van der Waals surface area contributed by atoms with E-state index in [0.717, 1.165) is 12.1 Å². The number of methoxy groups -OCH3 is 1. The maximum absolute atomic E-state index is 9.48. The molecular formula is C11H17NO3. The fourth-order valence-electron chi connectivity index (χ4n) is 1.20. The van der Waals surface area contributed by atoms with Gasteiger partial charge in [-0.2, -0.15) is 0 Å². The van der Waals surface area contributed by atoms with Crippen molar-refractivity contribution in [2.45, 2.75) is 19.6 Å². The summed E-state index contributed by atoms with van der Waals surface area (Å²) in [6, 6.07) is 4.57. The predicted molar refractivity (Wildman–Crippen MR) is 57.9 cm³/mol. The van der Waals surface area contributed by atoms with Gasteiger partial charge in [0.2, 0.25) is 0 Å². The summed E-state index contributed by atoms with van der Waals surface area (Å²) in [6.07, 6.45) is 0.143. The fourth-order valence-corrected chi connectivity index (χ4v) is 1.20. The Kier molecular flexibility index (Phi) is 4.39. The molecule has 0 saturated heterocycles. The van der Waals surface area contributed by atoms with E-state index in [4.69, 9.17) is 9.84 Å². The second-order valence-corrected chi connectivity index (χ2v) is 3.49. The highest BCUT2D eigenvalue weighted by atomic mass is 16.5. The lowest BCUT2D eigenvalue weighted by Gasteiger charge is -2.11. The van der Waals surface area contributed by atoms with Crippen LogP contribution in [0.5, 0.6) is 11.5 Å². The lowest BCUT2D eigenvalue weighted by atomic mass is 10.2. The van der Waals surface area contributed by atoms with Gasteiger partial charge in [-0.1, -0.05) is 6.07 Å². The Morgan fingerprint density at radius 3 is 2.73 bits per heavy atom. The van der Waals surface area contributed by atoms with E-state index < -0.39 is 0 Å². The third kappa shape index (κ3) is 3.77. The van der Waals surface area contributed by atoms with Crippen LogP contribution < -0.4 is 5.32 Å². The monoisotopic (exact) mass is 211 g/mol. The highest BCUT2D eigenvalue weighted by Crippen LogP contribution is 2.22. The van der Waals surface area contributed by atoms with E-state index in [2.05, 4.69) is 5.32 Å². The van der Waals surface area contributed by atoms with Crippen molar-refractivity contribution in [3.05, 3.63) is 23.8 Å². The van der Waals surface area contributed by atoms with Gasteiger partial charge >= 0.3 is 0 Å². The minimum atomic E-state index is 0.0708. The van der Waals surface area contributed by atoms with E-state index in [-0.39, 0.29) is 17.6 Å². The molecule has 0 fully saturated rings. The largest absolute Gasteiger partial charge is 0.508 e. The van der Waals surface area contributed by atoms with Crippen molar-refractivity contribution in [3.8, 4) is 11.5 Å². The molecule has 3 N–H and O–H groups in total. The van der Waals surface area contributed by atoms with Crippen LogP contribution in [0.15, 0.2) is 18.2 Å². The van der Waals surface area contributed by atoms with Gasteiger partial charge < -0.3 is 20.3 Å². The van der Waals surface area contributed by atoms with Crippen molar-refractivity contribution in [2.24, 2.45) is 0 Å². The summed E-state index contributed by atoms with van der Waals surface area (Å²) >= 11 is 0. The lowest BCUT2D eigenvalue weighted by molar-refractivity contribution is 0.117. The third-order valence-electron chi connectivity index (χ3n) is 2.22. The van der Waals surface area contributed by atoms with Crippen molar-refractivity contribution in [2.75, 3.05) is 13.7 Å². The van der Waals surface area contributed by atoms with Crippen molar-refractivity contribution < 1.29 is 14.9 Å². The van der Waals surface area contributed by atoms with E-state index in [9.17, 15) is 5.11 Å². The van der Waals surface area contributed by atoms with Crippen molar-refractivity contribution in [1.29, 1.82) is 0 Å². The van der Waals surface area contributed by atoms with Gasteiger partial charge in [-0.15, -0.1) is 0 Å². The molecular weight excluding hydrogens is 194 g/mol. The van der Waals surface area contributed by atoms with E-state index in [0.29, 0.717) is 6.54 Å². The maximum Gasteiger partial charge on any atom is 0.123 e.